The normalized spacial score (nSPS) is 14.1. The fourth-order valence-corrected chi connectivity index (χ4v) is 10.9. The third-order valence-electron chi connectivity index (χ3n) is 15.6. The second-order valence-electron chi connectivity index (χ2n) is 24.9. The fraction of sp³-hybridized carbons (Fsp3) is 0.819. The molecule has 3 unspecified atom stereocenters. The highest BCUT2D eigenvalue weighted by atomic mass is 31.2. The van der Waals surface area contributed by atoms with Crippen molar-refractivity contribution in [2.45, 2.75) is 341 Å². The maximum atomic E-state index is 13.0. The number of carbonyl (C=O) groups excluding carboxylic acids is 1. The molecule has 81 heavy (non-hydrogen) atoms. The van der Waals surface area contributed by atoms with Gasteiger partial charge in [-0.25, -0.2) is 4.57 Å². The number of quaternary nitrogens is 1. The number of nitrogens with one attached hydrogen (secondary N) is 1. The molecule has 8 nitrogen and oxygen atoms in total. The smallest absolute Gasteiger partial charge is 0.387 e. The first-order valence-corrected chi connectivity index (χ1v) is 36.3. The molecule has 0 aliphatic rings. The Bertz CT molecular complexity index is 1550. The van der Waals surface area contributed by atoms with E-state index in [9.17, 15) is 19.4 Å². The summed E-state index contributed by atoms with van der Waals surface area (Å²) < 4.78 is 23.8. The van der Waals surface area contributed by atoms with Gasteiger partial charge >= 0.3 is 7.82 Å². The third-order valence-corrected chi connectivity index (χ3v) is 16.6. The Labute approximate surface area is 504 Å². The lowest BCUT2D eigenvalue weighted by molar-refractivity contribution is -0.870. The van der Waals surface area contributed by atoms with Crippen LogP contribution in [0.4, 0.5) is 0 Å². The first kappa shape index (κ1) is 78.9. The summed E-state index contributed by atoms with van der Waals surface area (Å²) in [6.45, 7) is 4.81. The quantitative estimate of drug-likeness (QED) is 0.0243. The van der Waals surface area contributed by atoms with Crippen molar-refractivity contribution in [3.8, 4) is 0 Å². The first-order chi connectivity index (χ1) is 39.5. The summed E-state index contributed by atoms with van der Waals surface area (Å²) in [6, 6.07) is -0.876. The van der Waals surface area contributed by atoms with Crippen LogP contribution in [-0.4, -0.2) is 73.4 Å². The average Bonchev–Trinajstić information content (AvgIpc) is 3.43. The van der Waals surface area contributed by atoms with E-state index in [0.717, 1.165) is 57.8 Å². The van der Waals surface area contributed by atoms with Gasteiger partial charge in [0, 0.05) is 6.42 Å². The Morgan fingerprint density at radius 3 is 1.07 bits per heavy atom. The molecular formula is C72H136N2O6P+. The number of aliphatic hydroxyl groups is 1. The van der Waals surface area contributed by atoms with Crippen molar-refractivity contribution in [1.82, 2.24) is 5.32 Å². The minimum absolute atomic E-state index is 0.0511. The van der Waals surface area contributed by atoms with Crippen LogP contribution in [-0.2, 0) is 18.4 Å². The number of phosphoric ester groups is 1. The molecule has 0 spiro atoms. The lowest BCUT2D eigenvalue weighted by Gasteiger charge is -2.25. The van der Waals surface area contributed by atoms with E-state index in [1.165, 1.54) is 250 Å². The van der Waals surface area contributed by atoms with Gasteiger partial charge in [0.15, 0.2) is 0 Å². The Hall–Kier alpha value is -2.06. The zero-order valence-electron chi connectivity index (χ0n) is 54.3. The Balaban J connectivity index is 4.15. The lowest BCUT2D eigenvalue weighted by Crippen LogP contribution is -2.45. The highest BCUT2D eigenvalue weighted by Crippen LogP contribution is 2.43. The van der Waals surface area contributed by atoms with E-state index in [0.29, 0.717) is 17.4 Å². The van der Waals surface area contributed by atoms with Gasteiger partial charge in [0.05, 0.1) is 39.9 Å². The molecule has 0 aromatic rings. The molecule has 0 saturated heterocycles. The molecule has 0 bridgehead atoms. The summed E-state index contributed by atoms with van der Waals surface area (Å²) in [6.07, 6.45) is 87.7. The van der Waals surface area contributed by atoms with E-state index in [4.69, 9.17) is 9.05 Å². The Morgan fingerprint density at radius 1 is 0.420 bits per heavy atom. The fourth-order valence-electron chi connectivity index (χ4n) is 10.2. The van der Waals surface area contributed by atoms with Crippen molar-refractivity contribution >= 4 is 13.7 Å². The zero-order valence-corrected chi connectivity index (χ0v) is 55.2. The maximum Gasteiger partial charge on any atom is 0.472 e. The second kappa shape index (κ2) is 62.5. The zero-order chi connectivity index (χ0) is 59.1. The van der Waals surface area contributed by atoms with E-state index >= 15 is 0 Å². The summed E-state index contributed by atoms with van der Waals surface area (Å²) in [5.41, 5.74) is 0. The van der Waals surface area contributed by atoms with E-state index in [-0.39, 0.29) is 19.1 Å². The SMILES string of the molecule is CCCCCCC/C=C\C/C=C\C/C=C\CCCCCCCCCCCCCCC(=O)NC(COP(=O)(O)OCC[N+](C)(C)C)C(O)/C=C/CC/C=C/CC/C=C/CCCCCCCCCCCCCCCCCCCCCCCC. The van der Waals surface area contributed by atoms with Crippen molar-refractivity contribution in [3.05, 3.63) is 72.9 Å². The van der Waals surface area contributed by atoms with Gasteiger partial charge in [0.2, 0.25) is 5.91 Å². The molecule has 0 aliphatic carbocycles. The summed E-state index contributed by atoms with van der Waals surface area (Å²) in [7, 11) is 1.55. The first-order valence-electron chi connectivity index (χ1n) is 34.8. The topological polar surface area (TPSA) is 105 Å². The second-order valence-corrected chi connectivity index (χ2v) is 26.3. The number of allylic oxidation sites excluding steroid dienone is 11. The molecule has 0 fully saturated rings. The molecule has 0 heterocycles. The van der Waals surface area contributed by atoms with Crippen LogP contribution in [0.2, 0.25) is 0 Å². The molecule has 0 aliphatic heterocycles. The van der Waals surface area contributed by atoms with Crippen molar-refractivity contribution in [3.63, 3.8) is 0 Å². The van der Waals surface area contributed by atoms with Gasteiger partial charge in [-0.05, 0) is 83.5 Å². The number of carbonyl (C=O) groups is 1. The van der Waals surface area contributed by atoms with Crippen molar-refractivity contribution in [1.29, 1.82) is 0 Å². The largest absolute Gasteiger partial charge is 0.472 e. The summed E-state index contributed by atoms with van der Waals surface area (Å²) in [4.78, 5) is 23.4. The molecule has 0 rings (SSSR count). The van der Waals surface area contributed by atoms with E-state index < -0.39 is 20.0 Å². The summed E-state index contributed by atoms with van der Waals surface area (Å²) >= 11 is 0. The molecular weight excluding hydrogens is 1020 g/mol. The van der Waals surface area contributed by atoms with Crippen LogP contribution in [0.5, 0.6) is 0 Å². The van der Waals surface area contributed by atoms with Gasteiger partial charge in [0.25, 0.3) is 0 Å². The monoisotopic (exact) mass is 1160 g/mol. The molecule has 0 aromatic carbocycles. The number of aliphatic hydroxyl groups excluding tert-OH is 1. The maximum absolute atomic E-state index is 13.0. The van der Waals surface area contributed by atoms with Crippen LogP contribution >= 0.6 is 7.82 Å². The number of likely N-dealkylation sites (N-methyl/N-ethyl adjacent to an activating group) is 1. The number of hydrogen-bond donors (Lipinski definition) is 3. The Kier molecular flexibility index (Phi) is 60.9. The highest BCUT2D eigenvalue weighted by molar-refractivity contribution is 7.47. The van der Waals surface area contributed by atoms with Crippen molar-refractivity contribution < 1.29 is 32.9 Å². The molecule has 3 atom stereocenters. The highest BCUT2D eigenvalue weighted by Gasteiger charge is 2.28. The molecule has 9 heteroatoms. The molecule has 0 aromatic heterocycles. The molecule has 0 radical (unpaired) electrons. The number of amides is 1. The molecule has 3 N–H and O–H groups in total. The number of unbranched alkanes of at least 4 members (excludes halogenated alkanes) is 41. The van der Waals surface area contributed by atoms with Gasteiger partial charge in [-0.3, -0.25) is 13.8 Å². The average molecular weight is 1160 g/mol. The van der Waals surface area contributed by atoms with Gasteiger partial charge < -0.3 is 19.8 Å². The number of nitrogens with zero attached hydrogens (tertiary/aromatic N) is 1. The van der Waals surface area contributed by atoms with E-state index in [2.05, 4.69) is 79.9 Å². The van der Waals surface area contributed by atoms with Crippen LogP contribution in [0.1, 0.15) is 328 Å². The van der Waals surface area contributed by atoms with E-state index in [1.54, 1.807) is 6.08 Å². The van der Waals surface area contributed by atoms with Crippen LogP contribution in [0, 0.1) is 0 Å². The number of rotatable bonds is 64. The lowest BCUT2D eigenvalue weighted by atomic mass is 10.0. The van der Waals surface area contributed by atoms with Crippen molar-refractivity contribution in [2.75, 3.05) is 40.9 Å². The number of phosphoric acid groups is 1. The standard InChI is InChI=1S/C72H135N2O6P/c1-6-8-10-12-14-16-18-20-22-24-26-28-30-32-34-35-36-37-38-40-41-43-45-47-49-51-53-55-57-59-61-63-65-71(75)70(69-80-81(77,78)79-68-67-74(3,4)5)73-72(76)66-64-62-60-58-56-54-52-50-48-46-44-42-39-33-31-29-27-25-23-21-19-17-15-13-11-9-7-2/h19,21,25,27,31,33,47,49,55,57,63,65,70-71,75H,6-18,20,22-24,26,28-30,32,34-46,48,50-54,56,58-62,64,66-69H2,1-5H3,(H-,73,76,77,78)/p+1/b21-19-,27-25-,33-31-,49-47+,57-55+,65-63+. The van der Waals surface area contributed by atoms with Gasteiger partial charge in [0.1, 0.15) is 13.2 Å². The van der Waals surface area contributed by atoms with Crippen LogP contribution in [0.3, 0.4) is 0 Å². The molecule has 474 valence electrons. The van der Waals surface area contributed by atoms with Gasteiger partial charge in [-0.1, -0.05) is 311 Å². The Morgan fingerprint density at radius 2 is 0.716 bits per heavy atom. The van der Waals surface area contributed by atoms with Gasteiger partial charge in [-0.15, -0.1) is 0 Å². The van der Waals surface area contributed by atoms with Crippen LogP contribution < -0.4 is 5.32 Å². The van der Waals surface area contributed by atoms with Crippen LogP contribution in [0.15, 0.2) is 72.9 Å². The number of hydrogen-bond acceptors (Lipinski definition) is 5. The van der Waals surface area contributed by atoms with E-state index in [1.807, 2.05) is 27.2 Å². The van der Waals surface area contributed by atoms with Crippen molar-refractivity contribution in [2.24, 2.45) is 0 Å². The molecule has 0 saturated carbocycles. The summed E-state index contributed by atoms with van der Waals surface area (Å²) in [5.74, 6) is -0.191. The predicted octanol–water partition coefficient (Wildman–Crippen LogP) is 22.2. The minimum atomic E-state index is -4.37. The predicted molar refractivity (Wildman–Crippen MR) is 355 cm³/mol. The summed E-state index contributed by atoms with van der Waals surface area (Å²) in [5, 5.41) is 14.0. The van der Waals surface area contributed by atoms with Gasteiger partial charge in [-0.2, -0.15) is 0 Å². The van der Waals surface area contributed by atoms with Crippen LogP contribution in [0.25, 0.3) is 0 Å². The molecule has 1 amide bonds. The third kappa shape index (κ3) is 65.3. The minimum Gasteiger partial charge on any atom is -0.387 e.